The Morgan fingerprint density at radius 2 is 2.12 bits per heavy atom. The zero-order valence-electron chi connectivity index (χ0n) is 10.4. The molecule has 0 unspecified atom stereocenters. The van der Waals surface area contributed by atoms with Crippen LogP contribution >= 0.6 is 0 Å². The van der Waals surface area contributed by atoms with Gasteiger partial charge in [0.2, 0.25) is 0 Å². The molecule has 1 rings (SSSR count). The zero-order chi connectivity index (χ0) is 13.1. The van der Waals surface area contributed by atoms with Crippen LogP contribution in [0.5, 0.6) is 5.75 Å². The predicted molar refractivity (Wildman–Crippen MR) is 64.7 cm³/mol. The number of ether oxygens (including phenoxy) is 1. The summed E-state index contributed by atoms with van der Waals surface area (Å²) in [6.07, 6.45) is 0.301. The Morgan fingerprint density at radius 1 is 1.47 bits per heavy atom. The standard InChI is InChI=1S/C13H18FNO2/c1-13(2,8-15)7-11(16)9-4-5-12(17-3)10(14)6-9/h4-6H,7-8,15H2,1-3H3. The maximum absolute atomic E-state index is 13.4. The molecule has 4 heteroatoms. The van der Waals surface area contributed by atoms with Gasteiger partial charge in [-0.15, -0.1) is 0 Å². The van der Waals surface area contributed by atoms with E-state index in [4.69, 9.17) is 10.5 Å². The van der Waals surface area contributed by atoms with E-state index in [1.165, 1.54) is 19.2 Å². The van der Waals surface area contributed by atoms with Crippen LogP contribution in [0.3, 0.4) is 0 Å². The third-order valence-corrected chi connectivity index (χ3v) is 2.67. The summed E-state index contributed by atoms with van der Waals surface area (Å²) in [6.45, 7) is 4.23. The van der Waals surface area contributed by atoms with Crippen molar-refractivity contribution >= 4 is 5.78 Å². The van der Waals surface area contributed by atoms with Gasteiger partial charge in [-0.1, -0.05) is 13.8 Å². The van der Waals surface area contributed by atoms with Crippen LogP contribution in [-0.4, -0.2) is 19.4 Å². The third kappa shape index (κ3) is 3.53. The van der Waals surface area contributed by atoms with E-state index in [0.717, 1.165) is 0 Å². The van der Waals surface area contributed by atoms with Crippen molar-refractivity contribution in [1.29, 1.82) is 0 Å². The van der Waals surface area contributed by atoms with Crippen LogP contribution in [0.15, 0.2) is 18.2 Å². The smallest absolute Gasteiger partial charge is 0.165 e. The number of ketones is 1. The van der Waals surface area contributed by atoms with Crippen molar-refractivity contribution in [1.82, 2.24) is 0 Å². The number of rotatable bonds is 5. The maximum Gasteiger partial charge on any atom is 0.165 e. The Morgan fingerprint density at radius 3 is 2.59 bits per heavy atom. The number of methoxy groups -OCH3 is 1. The molecule has 0 bridgehead atoms. The van der Waals surface area contributed by atoms with Gasteiger partial charge in [-0.3, -0.25) is 4.79 Å². The van der Waals surface area contributed by atoms with Gasteiger partial charge in [0, 0.05) is 12.0 Å². The van der Waals surface area contributed by atoms with Crippen molar-refractivity contribution in [3.63, 3.8) is 0 Å². The average Bonchev–Trinajstić information content (AvgIpc) is 2.28. The fourth-order valence-corrected chi connectivity index (χ4v) is 1.45. The second kappa shape index (κ2) is 5.27. The number of benzene rings is 1. The summed E-state index contributed by atoms with van der Waals surface area (Å²) in [4.78, 5) is 11.9. The van der Waals surface area contributed by atoms with Crippen molar-refractivity contribution in [3.05, 3.63) is 29.6 Å². The Balaban J connectivity index is 2.87. The van der Waals surface area contributed by atoms with E-state index in [-0.39, 0.29) is 16.9 Å². The molecule has 0 aliphatic heterocycles. The fourth-order valence-electron chi connectivity index (χ4n) is 1.45. The van der Waals surface area contributed by atoms with Gasteiger partial charge in [0.15, 0.2) is 17.3 Å². The summed E-state index contributed by atoms with van der Waals surface area (Å²) in [5, 5.41) is 0. The lowest BCUT2D eigenvalue weighted by Gasteiger charge is -2.21. The van der Waals surface area contributed by atoms with Crippen LogP contribution in [0, 0.1) is 11.2 Å². The van der Waals surface area contributed by atoms with Crippen LogP contribution < -0.4 is 10.5 Å². The van der Waals surface area contributed by atoms with Crippen LogP contribution in [-0.2, 0) is 0 Å². The van der Waals surface area contributed by atoms with Crippen molar-refractivity contribution < 1.29 is 13.9 Å². The summed E-state index contributed by atoms with van der Waals surface area (Å²) in [5.74, 6) is -0.495. The average molecular weight is 239 g/mol. The van der Waals surface area contributed by atoms with Crippen LogP contribution in [0.25, 0.3) is 0 Å². The Hall–Kier alpha value is -1.42. The first-order valence-electron chi connectivity index (χ1n) is 5.46. The third-order valence-electron chi connectivity index (χ3n) is 2.67. The summed E-state index contributed by atoms with van der Waals surface area (Å²) in [5.41, 5.74) is 5.64. The highest BCUT2D eigenvalue weighted by molar-refractivity contribution is 5.96. The van der Waals surface area contributed by atoms with Crippen molar-refractivity contribution in [2.24, 2.45) is 11.1 Å². The van der Waals surface area contributed by atoms with Crippen molar-refractivity contribution in [2.75, 3.05) is 13.7 Å². The minimum atomic E-state index is -0.524. The topological polar surface area (TPSA) is 52.3 Å². The first kappa shape index (κ1) is 13.6. The monoisotopic (exact) mass is 239 g/mol. The summed E-state index contributed by atoms with van der Waals surface area (Å²) in [7, 11) is 1.39. The number of nitrogens with two attached hydrogens (primary N) is 1. The first-order chi connectivity index (χ1) is 7.89. The van der Waals surface area contributed by atoms with Crippen LogP contribution in [0.1, 0.15) is 30.6 Å². The van der Waals surface area contributed by atoms with Gasteiger partial charge >= 0.3 is 0 Å². The summed E-state index contributed by atoms with van der Waals surface area (Å²) >= 11 is 0. The van der Waals surface area contributed by atoms with Gasteiger partial charge < -0.3 is 10.5 Å². The Labute approximate surface area is 101 Å². The van der Waals surface area contributed by atoms with E-state index >= 15 is 0 Å². The lowest BCUT2D eigenvalue weighted by atomic mass is 9.86. The second-order valence-corrected chi connectivity index (χ2v) is 4.82. The first-order valence-corrected chi connectivity index (χ1v) is 5.46. The number of Topliss-reactive ketones (excluding diaryl/α,β-unsaturated/α-hetero) is 1. The number of hydrogen-bond acceptors (Lipinski definition) is 3. The molecule has 1 aromatic carbocycles. The molecule has 0 spiro atoms. The zero-order valence-corrected chi connectivity index (χ0v) is 10.4. The van der Waals surface area contributed by atoms with Crippen LogP contribution in [0.2, 0.25) is 0 Å². The highest BCUT2D eigenvalue weighted by Crippen LogP contribution is 2.23. The number of halogens is 1. The van der Waals surface area contributed by atoms with Gasteiger partial charge in [-0.2, -0.15) is 0 Å². The van der Waals surface area contributed by atoms with Crippen LogP contribution in [0.4, 0.5) is 4.39 Å². The normalized spacial score (nSPS) is 11.4. The van der Waals surface area contributed by atoms with E-state index in [9.17, 15) is 9.18 Å². The Bertz CT molecular complexity index is 416. The highest BCUT2D eigenvalue weighted by Gasteiger charge is 2.21. The minimum absolute atomic E-state index is 0.109. The lowest BCUT2D eigenvalue weighted by molar-refractivity contribution is 0.0934. The molecule has 1 aromatic rings. The summed E-state index contributed by atoms with van der Waals surface area (Å²) < 4.78 is 18.2. The largest absolute Gasteiger partial charge is 0.494 e. The molecule has 0 aliphatic carbocycles. The number of carbonyl (C=O) groups is 1. The molecule has 0 amide bonds. The molecule has 0 aromatic heterocycles. The quantitative estimate of drug-likeness (QED) is 0.803. The van der Waals surface area contributed by atoms with Gasteiger partial charge in [0.1, 0.15) is 0 Å². The van der Waals surface area contributed by atoms with E-state index in [1.807, 2.05) is 13.8 Å². The minimum Gasteiger partial charge on any atom is -0.494 e. The van der Waals surface area contributed by atoms with Gasteiger partial charge in [-0.25, -0.2) is 4.39 Å². The molecular formula is C13H18FNO2. The molecule has 17 heavy (non-hydrogen) atoms. The SMILES string of the molecule is COc1ccc(C(=O)CC(C)(C)CN)cc1F. The fraction of sp³-hybridized carbons (Fsp3) is 0.462. The molecule has 0 heterocycles. The van der Waals surface area contributed by atoms with Gasteiger partial charge in [0.25, 0.3) is 0 Å². The molecule has 0 saturated carbocycles. The molecule has 0 radical (unpaired) electrons. The van der Waals surface area contributed by atoms with E-state index in [2.05, 4.69) is 0 Å². The second-order valence-electron chi connectivity index (χ2n) is 4.82. The molecular weight excluding hydrogens is 221 g/mol. The van der Waals surface area contributed by atoms with Crippen molar-refractivity contribution in [3.8, 4) is 5.75 Å². The molecule has 2 N–H and O–H groups in total. The lowest BCUT2D eigenvalue weighted by Crippen LogP contribution is -2.26. The Kier molecular flexibility index (Phi) is 4.23. The number of hydrogen-bond donors (Lipinski definition) is 1. The van der Waals surface area contributed by atoms with E-state index in [1.54, 1.807) is 6.07 Å². The van der Waals surface area contributed by atoms with Crippen molar-refractivity contribution in [2.45, 2.75) is 20.3 Å². The predicted octanol–water partition coefficient (Wildman–Crippen LogP) is 2.39. The highest BCUT2D eigenvalue weighted by atomic mass is 19.1. The van der Waals surface area contributed by atoms with E-state index < -0.39 is 5.82 Å². The van der Waals surface area contributed by atoms with Gasteiger partial charge in [-0.05, 0) is 30.2 Å². The van der Waals surface area contributed by atoms with E-state index in [0.29, 0.717) is 18.5 Å². The molecule has 0 fully saturated rings. The van der Waals surface area contributed by atoms with Gasteiger partial charge in [0.05, 0.1) is 7.11 Å². The molecule has 0 aliphatic rings. The molecule has 0 saturated heterocycles. The summed E-state index contributed by atoms with van der Waals surface area (Å²) in [6, 6.07) is 4.22. The maximum atomic E-state index is 13.4. The molecule has 0 atom stereocenters. The molecule has 3 nitrogen and oxygen atoms in total. The number of carbonyl (C=O) groups excluding carboxylic acids is 1. The molecule has 94 valence electrons.